The number of halogens is 1. The largest absolute Gasteiger partial charge is 0.389 e. The molecule has 1 aromatic rings. The van der Waals surface area contributed by atoms with Crippen molar-refractivity contribution in [2.24, 2.45) is 0 Å². The number of carbonyl (C=O) groups excluding carboxylic acids is 1. The summed E-state index contributed by atoms with van der Waals surface area (Å²) < 4.78 is 0.721. The normalized spacial score (nSPS) is 11.9. The van der Waals surface area contributed by atoms with Gasteiger partial charge in [0.15, 0.2) is 0 Å². The van der Waals surface area contributed by atoms with E-state index in [4.69, 9.17) is 11.6 Å². The molecule has 2 N–H and O–H groups in total. The van der Waals surface area contributed by atoms with Crippen LogP contribution in [0.3, 0.4) is 0 Å². The van der Waals surface area contributed by atoms with Gasteiger partial charge in [0.2, 0.25) is 5.91 Å². The third-order valence-electron chi connectivity index (χ3n) is 2.16. The molecule has 0 aromatic carbocycles. The summed E-state index contributed by atoms with van der Waals surface area (Å²) in [6, 6.07) is 3.71. The zero-order chi connectivity index (χ0) is 13.8. The molecule has 0 bridgehead atoms. The molecule has 0 radical (unpaired) electrons. The number of hydrogen-bond acceptors (Lipinski definition) is 4. The Bertz CT molecular complexity index is 401. The minimum Gasteiger partial charge on any atom is -0.389 e. The van der Waals surface area contributed by atoms with E-state index in [1.165, 1.54) is 11.3 Å². The highest BCUT2D eigenvalue weighted by atomic mass is 35.5. The van der Waals surface area contributed by atoms with Crippen LogP contribution >= 0.6 is 22.9 Å². The van der Waals surface area contributed by atoms with E-state index < -0.39 is 5.60 Å². The minimum atomic E-state index is -0.795. The number of rotatable bonds is 6. The Morgan fingerprint density at radius 2 is 2.22 bits per heavy atom. The highest BCUT2D eigenvalue weighted by molar-refractivity contribution is 7.16. The Labute approximate surface area is 117 Å². The second kappa shape index (κ2) is 6.52. The van der Waals surface area contributed by atoms with Gasteiger partial charge in [-0.2, -0.15) is 0 Å². The maximum Gasteiger partial charge on any atom is 0.234 e. The summed E-state index contributed by atoms with van der Waals surface area (Å²) in [6.07, 6.45) is 0. The summed E-state index contributed by atoms with van der Waals surface area (Å²) in [5.41, 5.74) is -0.795. The third-order valence-corrected chi connectivity index (χ3v) is 3.39. The van der Waals surface area contributed by atoms with Crippen molar-refractivity contribution in [1.29, 1.82) is 0 Å². The third kappa shape index (κ3) is 6.35. The molecule has 1 aromatic heterocycles. The fourth-order valence-electron chi connectivity index (χ4n) is 1.65. The molecule has 6 heteroatoms. The van der Waals surface area contributed by atoms with Gasteiger partial charge in [-0.3, -0.25) is 9.69 Å². The van der Waals surface area contributed by atoms with Gasteiger partial charge >= 0.3 is 0 Å². The number of amides is 1. The first-order chi connectivity index (χ1) is 8.26. The maximum absolute atomic E-state index is 11.7. The van der Waals surface area contributed by atoms with Gasteiger partial charge in [0.05, 0.1) is 23.0 Å². The lowest BCUT2D eigenvalue weighted by Crippen LogP contribution is -2.41. The molecule has 1 amide bonds. The molecule has 0 spiro atoms. The molecule has 1 rings (SSSR count). The van der Waals surface area contributed by atoms with Crippen LogP contribution in [0, 0.1) is 0 Å². The van der Waals surface area contributed by atoms with Crippen molar-refractivity contribution in [2.45, 2.75) is 26.0 Å². The van der Waals surface area contributed by atoms with Gasteiger partial charge in [-0.25, -0.2) is 0 Å². The van der Waals surface area contributed by atoms with Crippen molar-refractivity contribution in [2.75, 3.05) is 20.1 Å². The van der Waals surface area contributed by atoms with E-state index in [2.05, 4.69) is 5.32 Å². The SMILES string of the molecule is CN(CC(=O)NCc1ccc(Cl)s1)CC(C)(C)O. The molecule has 0 saturated heterocycles. The lowest BCUT2D eigenvalue weighted by Gasteiger charge is -2.24. The molecular formula is C12H19ClN2O2S. The van der Waals surface area contributed by atoms with Crippen molar-refractivity contribution < 1.29 is 9.90 Å². The fourth-order valence-corrected chi connectivity index (χ4v) is 2.68. The summed E-state index contributed by atoms with van der Waals surface area (Å²) in [6.45, 7) is 4.64. The summed E-state index contributed by atoms with van der Waals surface area (Å²) in [5.74, 6) is -0.0636. The maximum atomic E-state index is 11.7. The number of thiophene rings is 1. The molecule has 0 atom stereocenters. The van der Waals surface area contributed by atoms with Crippen molar-refractivity contribution in [3.63, 3.8) is 0 Å². The monoisotopic (exact) mass is 290 g/mol. The van der Waals surface area contributed by atoms with Gasteiger partial charge in [-0.15, -0.1) is 11.3 Å². The van der Waals surface area contributed by atoms with E-state index in [1.54, 1.807) is 25.8 Å². The smallest absolute Gasteiger partial charge is 0.234 e. The van der Waals surface area contributed by atoms with Crippen LogP contribution in [0.25, 0.3) is 0 Å². The van der Waals surface area contributed by atoms with E-state index >= 15 is 0 Å². The van der Waals surface area contributed by atoms with E-state index in [0.717, 1.165) is 9.21 Å². The minimum absolute atomic E-state index is 0.0636. The molecule has 0 aliphatic rings. The first-order valence-electron chi connectivity index (χ1n) is 5.68. The van der Waals surface area contributed by atoms with Gasteiger partial charge in [-0.1, -0.05) is 11.6 Å². The number of likely N-dealkylation sites (N-methyl/N-ethyl adjacent to an activating group) is 1. The average molecular weight is 291 g/mol. The molecular weight excluding hydrogens is 272 g/mol. The van der Waals surface area contributed by atoms with Crippen LogP contribution in [-0.2, 0) is 11.3 Å². The van der Waals surface area contributed by atoms with E-state index in [9.17, 15) is 9.90 Å². The van der Waals surface area contributed by atoms with Crippen LogP contribution in [-0.4, -0.2) is 41.7 Å². The molecule has 18 heavy (non-hydrogen) atoms. The molecule has 0 aliphatic heterocycles. The molecule has 4 nitrogen and oxygen atoms in total. The topological polar surface area (TPSA) is 52.6 Å². The van der Waals surface area contributed by atoms with Crippen molar-refractivity contribution in [3.05, 3.63) is 21.3 Å². The number of nitrogens with one attached hydrogen (secondary N) is 1. The van der Waals surface area contributed by atoms with Crippen molar-refractivity contribution >= 4 is 28.8 Å². The van der Waals surface area contributed by atoms with Gasteiger partial charge in [0.25, 0.3) is 0 Å². The van der Waals surface area contributed by atoms with Gasteiger partial charge in [-0.05, 0) is 33.0 Å². The average Bonchev–Trinajstić information content (AvgIpc) is 2.58. The van der Waals surface area contributed by atoms with Crippen LogP contribution in [0.4, 0.5) is 0 Å². The van der Waals surface area contributed by atoms with Crippen LogP contribution in [0.15, 0.2) is 12.1 Å². The highest BCUT2D eigenvalue weighted by Crippen LogP contribution is 2.20. The zero-order valence-electron chi connectivity index (χ0n) is 10.9. The number of hydrogen-bond donors (Lipinski definition) is 2. The summed E-state index contributed by atoms with van der Waals surface area (Å²) in [5, 5.41) is 12.4. The van der Waals surface area contributed by atoms with Crippen molar-refractivity contribution in [1.82, 2.24) is 10.2 Å². The fraction of sp³-hybridized carbons (Fsp3) is 0.583. The molecule has 1 heterocycles. The summed E-state index contributed by atoms with van der Waals surface area (Å²) in [7, 11) is 1.81. The molecule has 102 valence electrons. The number of aliphatic hydroxyl groups is 1. The Morgan fingerprint density at radius 3 is 2.72 bits per heavy atom. The Hall–Kier alpha value is -0.620. The standard InChI is InChI=1S/C12H19ClN2O2S/c1-12(2,17)8-15(3)7-11(16)14-6-9-4-5-10(13)18-9/h4-5,17H,6-8H2,1-3H3,(H,14,16). The summed E-state index contributed by atoms with van der Waals surface area (Å²) in [4.78, 5) is 14.5. The Balaban J connectivity index is 2.29. The first kappa shape index (κ1) is 15.4. The van der Waals surface area contributed by atoms with Crippen LogP contribution in [0.2, 0.25) is 4.34 Å². The Kier molecular flexibility index (Phi) is 5.59. The summed E-state index contributed by atoms with van der Waals surface area (Å²) >= 11 is 7.26. The van der Waals surface area contributed by atoms with Gasteiger partial charge in [0.1, 0.15) is 0 Å². The van der Waals surface area contributed by atoms with Crippen LogP contribution < -0.4 is 5.32 Å². The second-order valence-electron chi connectivity index (χ2n) is 4.97. The van der Waals surface area contributed by atoms with E-state index in [1.807, 2.05) is 12.1 Å². The van der Waals surface area contributed by atoms with Crippen molar-refractivity contribution in [3.8, 4) is 0 Å². The lowest BCUT2D eigenvalue weighted by atomic mass is 10.1. The van der Waals surface area contributed by atoms with Gasteiger partial charge in [0, 0.05) is 11.4 Å². The quantitative estimate of drug-likeness (QED) is 0.839. The molecule has 0 saturated carbocycles. The predicted octanol–water partition coefficient (Wildman–Crippen LogP) is 1.72. The number of carbonyl (C=O) groups is 1. The number of nitrogens with zero attached hydrogens (tertiary/aromatic N) is 1. The van der Waals surface area contributed by atoms with Gasteiger partial charge < -0.3 is 10.4 Å². The highest BCUT2D eigenvalue weighted by Gasteiger charge is 2.17. The molecule has 0 aliphatic carbocycles. The molecule has 0 unspecified atom stereocenters. The van der Waals surface area contributed by atoms with Crippen LogP contribution in [0.1, 0.15) is 18.7 Å². The van der Waals surface area contributed by atoms with E-state index in [0.29, 0.717) is 13.1 Å². The second-order valence-corrected chi connectivity index (χ2v) is 6.77. The zero-order valence-corrected chi connectivity index (χ0v) is 12.4. The Morgan fingerprint density at radius 1 is 1.56 bits per heavy atom. The predicted molar refractivity (Wildman–Crippen MR) is 75.0 cm³/mol. The van der Waals surface area contributed by atoms with Crippen LogP contribution in [0.5, 0.6) is 0 Å². The van der Waals surface area contributed by atoms with E-state index in [-0.39, 0.29) is 12.5 Å². The first-order valence-corrected chi connectivity index (χ1v) is 6.87. The lowest BCUT2D eigenvalue weighted by molar-refractivity contribution is -0.122. The molecule has 0 fully saturated rings.